The molecule has 0 saturated heterocycles. The minimum Gasteiger partial charge on any atom is -0.478 e. The first-order chi connectivity index (χ1) is 8.59. The second-order valence-corrected chi connectivity index (χ2v) is 3.57. The van der Waals surface area contributed by atoms with E-state index in [0.717, 1.165) is 6.26 Å². The highest BCUT2D eigenvalue weighted by Gasteiger charge is 2.19. The summed E-state index contributed by atoms with van der Waals surface area (Å²) in [6, 6.07) is 4.53. The van der Waals surface area contributed by atoms with Crippen molar-refractivity contribution in [3.63, 3.8) is 0 Å². The number of hydrogen-bond acceptors (Lipinski definition) is 4. The zero-order valence-electron chi connectivity index (χ0n) is 9.53. The summed E-state index contributed by atoms with van der Waals surface area (Å²) in [7, 11) is 1.57. The molecule has 0 unspecified atom stereocenters. The van der Waals surface area contributed by atoms with Gasteiger partial charge < -0.3 is 14.4 Å². The molecule has 2 rings (SSSR count). The number of hydrogen-bond donors (Lipinski definition) is 1. The van der Waals surface area contributed by atoms with E-state index in [-0.39, 0.29) is 11.3 Å². The molecule has 0 saturated carbocycles. The Morgan fingerprint density at radius 2 is 2.00 bits per heavy atom. The van der Waals surface area contributed by atoms with Gasteiger partial charge in [-0.15, -0.1) is 0 Å². The summed E-state index contributed by atoms with van der Waals surface area (Å²) in [4.78, 5) is 27.9. The Morgan fingerprint density at radius 1 is 1.33 bits per heavy atom. The Balaban J connectivity index is 2.23. The van der Waals surface area contributed by atoms with Crippen molar-refractivity contribution in [3.05, 3.63) is 48.2 Å². The lowest BCUT2D eigenvalue weighted by molar-refractivity contribution is 0.0696. The van der Waals surface area contributed by atoms with E-state index in [1.807, 2.05) is 0 Å². The highest BCUT2D eigenvalue weighted by atomic mass is 16.4. The summed E-state index contributed by atoms with van der Waals surface area (Å²) in [5.74, 6) is -1.58. The molecule has 2 aromatic rings. The van der Waals surface area contributed by atoms with E-state index in [4.69, 9.17) is 9.52 Å². The van der Waals surface area contributed by atoms with E-state index in [1.165, 1.54) is 11.0 Å². The fourth-order valence-corrected chi connectivity index (χ4v) is 1.41. The van der Waals surface area contributed by atoms with Crippen LogP contribution >= 0.6 is 0 Å². The number of aromatic nitrogens is 1. The molecule has 0 aliphatic rings. The third kappa shape index (κ3) is 2.22. The van der Waals surface area contributed by atoms with Crippen LogP contribution in [0.5, 0.6) is 0 Å². The van der Waals surface area contributed by atoms with Crippen molar-refractivity contribution in [3.8, 4) is 0 Å². The average molecular weight is 246 g/mol. The maximum absolute atomic E-state index is 12.0. The number of carboxylic acid groups (broad SMARTS) is 1. The molecule has 2 aromatic heterocycles. The molecular weight excluding hydrogens is 236 g/mol. The molecule has 18 heavy (non-hydrogen) atoms. The van der Waals surface area contributed by atoms with Crippen LogP contribution in [0.15, 0.2) is 41.3 Å². The van der Waals surface area contributed by atoms with Crippen LogP contribution in [0.3, 0.4) is 0 Å². The minimum atomic E-state index is -1.13. The summed E-state index contributed by atoms with van der Waals surface area (Å²) >= 11 is 0. The van der Waals surface area contributed by atoms with Crippen LogP contribution in [0.4, 0.5) is 5.69 Å². The van der Waals surface area contributed by atoms with Gasteiger partial charge >= 0.3 is 5.97 Å². The van der Waals surface area contributed by atoms with Crippen molar-refractivity contribution in [2.75, 3.05) is 11.9 Å². The molecule has 0 aliphatic carbocycles. The molecule has 0 fully saturated rings. The van der Waals surface area contributed by atoms with Crippen molar-refractivity contribution < 1.29 is 19.1 Å². The predicted molar refractivity (Wildman–Crippen MR) is 62.6 cm³/mol. The molecule has 2 heterocycles. The fourth-order valence-electron chi connectivity index (χ4n) is 1.41. The Kier molecular flexibility index (Phi) is 3.09. The summed E-state index contributed by atoms with van der Waals surface area (Å²) < 4.78 is 4.94. The highest BCUT2D eigenvalue weighted by molar-refractivity contribution is 6.05. The van der Waals surface area contributed by atoms with E-state index in [2.05, 4.69) is 4.98 Å². The molecule has 0 radical (unpaired) electrons. The van der Waals surface area contributed by atoms with Crippen LogP contribution in [-0.2, 0) is 0 Å². The average Bonchev–Trinajstić information content (AvgIpc) is 2.88. The minimum absolute atomic E-state index is 0.0216. The van der Waals surface area contributed by atoms with Crippen LogP contribution in [0.25, 0.3) is 0 Å². The summed E-state index contributed by atoms with van der Waals surface area (Å²) in [5.41, 5.74) is 0.588. The monoisotopic (exact) mass is 246 g/mol. The first-order valence-corrected chi connectivity index (χ1v) is 5.09. The summed E-state index contributed by atoms with van der Waals surface area (Å²) in [6.45, 7) is 0. The highest BCUT2D eigenvalue weighted by Crippen LogP contribution is 2.16. The predicted octanol–water partition coefficient (Wildman–Crippen LogP) is 1.65. The second kappa shape index (κ2) is 4.70. The number of anilines is 1. The van der Waals surface area contributed by atoms with Gasteiger partial charge in [0.1, 0.15) is 6.26 Å². The lowest BCUT2D eigenvalue weighted by Crippen LogP contribution is -2.25. The van der Waals surface area contributed by atoms with Gasteiger partial charge in [0.15, 0.2) is 5.76 Å². The number of furan rings is 1. The van der Waals surface area contributed by atoms with Crippen molar-refractivity contribution in [2.24, 2.45) is 0 Å². The van der Waals surface area contributed by atoms with Crippen LogP contribution < -0.4 is 4.90 Å². The number of pyridine rings is 1. The van der Waals surface area contributed by atoms with E-state index in [1.54, 1.807) is 31.6 Å². The van der Waals surface area contributed by atoms with Crippen LogP contribution in [-0.4, -0.2) is 29.0 Å². The van der Waals surface area contributed by atoms with Crippen molar-refractivity contribution in [1.82, 2.24) is 4.98 Å². The van der Waals surface area contributed by atoms with E-state index in [9.17, 15) is 9.59 Å². The Morgan fingerprint density at radius 3 is 2.56 bits per heavy atom. The van der Waals surface area contributed by atoms with Crippen molar-refractivity contribution in [2.45, 2.75) is 0 Å². The smallest absolute Gasteiger partial charge is 0.338 e. The summed E-state index contributed by atoms with van der Waals surface area (Å²) in [6.07, 6.45) is 4.16. The third-order valence-electron chi connectivity index (χ3n) is 2.41. The zero-order chi connectivity index (χ0) is 13.1. The standard InChI is InChI=1S/C12H10N2O4/c1-14(9-2-4-13-5-3-9)11(15)10-6-8(7-18-10)12(16)17/h2-7H,1H3,(H,16,17). The lowest BCUT2D eigenvalue weighted by atomic mass is 10.3. The number of nitrogens with zero attached hydrogens (tertiary/aromatic N) is 2. The van der Waals surface area contributed by atoms with E-state index < -0.39 is 11.9 Å². The molecule has 0 spiro atoms. The Labute approximate surface area is 102 Å². The fraction of sp³-hybridized carbons (Fsp3) is 0.0833. The molecular formula is C12H10N2O4. The van der Waals surface area contributed by atoms with Gasteiger partial charge in [-0.1, -0.05) is 0 Å². The Bertz CT molecular complexity index is 577. The number of amides is 1. The van der Waals surface area contributed by atoms with Gasteiger partial charge in [0.05, 0.1) is 5.56 Å². The van der Waals surface area contributed by atoms with Gasteiger partial charge in [-0.3, -0.25) is 9.78 Å². The van der Waals surface area contributed by atoms with Gasteiger partial charge in [-0.25, -0.2) is 4.79 Å². The zero-order valence-corrected chi connectivity index (χ0v) is 9.53. The van der Waals surface area contributed by atoms with E-state index in [0.29, 0.717) is 5.69 Å². The molecule has 1 amide bonds. The molecule has 6 heteroatoms. The Hall–Kier alpha value is -2.63. The molecule has 92 valence electrons. The maximum Gasteiger partial charge on any atom is 0.338 e. The first-order valence-electron chi connectivity index (χ1n) is 5.09. The van der Waals surface area contributed by atoms with Crippen LogP contribution in [0.1, 0.15) is 20.9 Å². The van der Waals surface area contributed by atoms with Gasteiger partial charge in [0.25, 0.3) is 5.91 Å². The number of rotatable bonds is 3. The van der Waals surface area contributed by atoms with Gasteiger partial charge in [0.2, 0.25) is 0 Å². The largest absolute Gasteiger partial charge is 0.478 e. The molecule has 0 aromatic carbocycles. The lowest BCUT2D eigenvalue weighted by Gasteiger charge is -2.14. The number of carbonyl (C=O) groups is 2. The van der Waals surface area contributed by atoms with Crippen molar-refractivity contribution in [1.29, 1.82) is 0 Å². The molecule has 0 atom stereocenters. The quantitative estimate of drug-likeness (QED) is 0.890. The van der Waals surface area contributed by atoms with Gasteiger partial charge in [0, 0.05) is 31.2 Å². The first kappa shape index (κ1) is 11.8. The molecule has 1 N–H and O–H groups in total. The number of aromatic carboxylic acids is 1. The third-order valence-corrected chi connectivity index (χ3v) is 2.41. The topological polar surface area (TPSA) is 83.6 Å². The van der Waals surface area contributed by atoms with Gasteiger partial charge in [-0.05, 0) is 12.1 Å². The molecule has 0 bridgehead atoms. The normalized spacial score (nSPS) is 10.1. The maximum atomic E-state index is 12.0. The molecule has 0 aliphatic heterocycles. The van der Waals surface area contributed by atoms with Gasteiger partial charge in [-0.2, -0.15) is 0 Å². The van der Waals surface area contributed by atoms with E-state index >= 15 is 0 Å². The number of carboxylic acids is 1. The molecule has 6 nitrogen and oxygen atoms in total. The second-order valence-electron chi connectivity index (χ2n) is 3.57. The van der Waals surface area contributed by atoms with Crippen LogP contribution in [0.2, 0.25) is 0 Å². The SMILES string of the molecule is CN(C(=O)c1cc(C(=O)O)co1)c1ccncc1. The van der Waals surface area contributed by atoms with Crippen molar-refractivity contribution >= 4 is 17.6 Å². The van der Waals surface area contributed by atoms with Crippen LogP contribution in [0, 0.1) is 0 Å². The number of carbonyl (C=O) groups excluding carboxylic acids is 1. The summed E-state index contributed by atoms with van der Waals surface area (Å²) in [5, 5.41) is 8.74.